The Balaban J connectivity index is 2.00. The van der Waals surface area contributed by atoms with Gasteiger partial charge in [0.05, 0.1) is 0 Å². The van der Waals surface area contributed by atoms with Gasteiger partial charge in [0, 0.05) is 11.1 Å². The van der Waals surface area contributed by atoms with Crippen molar-refractivity contribution in [3.05, 3.63) is 46.3 Å². The van der Waals surface area contributed by atoms with E-state index >= 15 is 0 Å². The van der Waals surface area contributed by atoms with Gasteiger partial charge < -0.3 is 0 Å². The lowest BCUT2D eigenvalue weighted by atomic mass is 9.92. The minimum Gasteiger partial charge on any atom is -0.271 e. The molecular formula is C15H20ClFN2. The molecule has 2 rings (SSSR count). The van der Waals surface area contributed by atoms with Crippen LogP contribution >= 0.6 is 11.6 Å². The van der Waals surface area contributed by atoms with Gasteiger partial charge >= 0.3 is 0 Å². The lowest BCUT2D eigenvalue weighted by molar-refractivity contribution is 0.492. The molecule has 3 N–H and O–H groups in total. The Hall–Kier alpha value is -0.900. The van der Waals surface area contributed by atoms with Gasteiger partial charge in [-0.05, 0) is 56.2 Å². The molecule has 0 spiro atoms. The Kier molecular flexibility index (Phi) is 5.37. The smallest absolute Gasteiger partial charge is 0.127 e. The second-order valence-corrected chi connectivity index (χ2v) is 5.55. The number of nitrogens with one attached hydrogen (secondary N) is 1. The van der Waals surface area contributed by atoms with Crippen molar-refractivity contribution < 1.29 is 4.39 Å². The Morgan fingerprint density at radius 1 is 1.32 bits per heavy atom. The number of benzene rings is 1. The maximum absolute atomic E-state index is 13.8. The molecule has 0 aromatic heterocycles. The molecule has 1 aliphatic carbocycles. The van der Waals surface area contributed by atoms with Crippen molar-refractivity contribution in [1.29, 1.82) is 0 Å². The molecule has 0 heterocycles. The molecule has 19 heavy (non-hydrogen) atoms. The summed E-state index contributed by atoms with van der Waals surface area (Å²) in [7, 11) is 0. The van der Waals surface area contributed by atoms with Gasteiger partial charge in [-0.25, -0.2) is 4.39 Å². The first-order chi connectivity index (χ1) is 9.19. The van der Waals surface area contributed by atoms with Crippen molar-refractivity contribution in [3.63, 3.8) is 0 Å². The SMILES string of the molecule is NNC(CC1=CCCCC1)Cc1ccc(Cl)cc1F. The fourth-order valence-electron chi connectivity index (χ4n) is 2.55. The molecule has 0 saturated heterocycles. The molecule has 1 aromatic rings. The molecule has 1 aliphatic rings. The maximum atomic E-state index is 13.8. The van der Waals surface area contributed by atoms with E-state index in [0.717, 1.165) is 19.3 Å². The molecule has 0 bridgehead atoms. The predicted molar refractivity (Wildman–Crippen MR) is 77.4 cm³/mol. The van der Waals surface area contributed by atoms with E-state index in [-0.39, 0.29) is 11.9 Å². The molecule has 2 nitrogen and oxygen atoms in total. The number of halogens is 2. The van der Waals surface area contributed by atoms with Gasteiger partial charge in [0.25, 0.3) is 0 Å². The molecule has 0 saturated carbocycles. The van der Waals surface area contributed by atoms with Gasteiger partial charge in [-0.1, -0.05) is 29.3 Å². The van der Waals surface area contributed by atoms with E-state index in [9.17, 15) is 4.39 Å². The van der Waals surface area contributed by atoms with E-state index < -0.39 is 0 Å². The van der Waals surface area contributed by atoms with Crippen LogP contribution in [0.2, 0.25) is 5.02 Å². The minimum absolute atomic E-state index is 0.0695. The Morgan fingerprint density at radius 3 is 2.79 bits per heavy atom. The van der Waals surface area contributed by atoms with Gasteiger partial charge in [0.2, 0.25) is 0 Å². The fraction of sp³-hybridized carbons (Fsp3) is 0.467. The van der Waals surface area contributed by atoms with Crippen LogP contribution in [0.4, 0.5) is 4.39 Å². The Morgan fingerprint density at radius 2 is 2.16 bits per heavy atom. The van der Waals surface area contributed by atoms with Gasteiger partial charge in [0.1, 0.15) is 5.82 Å². The Labute approximate surface area is 118 Å². The standard InChI is InChI=1S/C15H20ClFN2/c16-13-7-6-12(15(17)10-13)9-14(19-18)8-11-4-2-1-3-5-11/h4,6-7,10,14,19H,1-3,5,8-9,18H2. The number of hydrazine groups is 1. The predicted octanol–water partition coefficient (Wildman–Crippen LogP) is 3.74. The van der Waals surface area contributed by atoms with E-state index in [1.54, 1.807) is 12.1 Å². The lowest BCUT2D eigenvalue weighted by Gasteiger charge is -2.20. The van der Waals surface area contributed by atoms with Crippen molar-refractivity contribution in [3.8, 4) is 0 Å². The van der Waals surface area contributed by atoms with Crippen molar-refractivity contribution in [1.82, 2.24) is 5.43 Å². The third kappa shape index (κ3) is 4.30. The molecular weight excluding hydrogens is 263 g/mol. The highest BCUT2D eigenvalue weighted by atomic mass is 35.5. The molecule has 1 unspecified atom stereocenters. The zero-order valence-corrected chi connectivity index (χ0v) is 11.7. The van der Waals surface area contributed by atoms with E-state index in [0.29, 0.717) is 17.0 Å². The van der Waals surface area contributed by atoms with Crippen LogP contribution in [-0.2, 0) is 6.42 Å². The summed E-state index contributed by atoms with van der Waals surface area (Å²) < 4.78 is 13.8. The van der Waals surface area contributed by atoms with Gasteiger partial charge in [0.15, 0.2) is 0 Å². The molecule has 0 aliphatic heterocycles. The van der Waals surface area contributed by atoms with Crippen LogP contribution in [0.3, 0.4) is 0 Å². The molecule has 4 heteroatoms. The quantitative estimate of drug-likeness (QED) is 0.490. The van der Waals surface area contributed by atoms with Gasteiger partial charge in [-0.2, -0.15) is 0 Å². The summed E-state index contributed by atoms with van der Waals surface area (Å²) in [5.41, 5.74) is 4.89. The third-order valence-electron chi connectivity index (χ3n) is 3.61. The normalized spacial score (nSPS) is 17.1. The Bertz CT molecular complexity index is 459. The number of hydrogen-bond acceptors (Lipinski definition) is 2. The zero-order valence-electron chi connectivity index (χ0n) is 11.0. The number of allylic oxidation sites excluding steroid dienone is 1. The van der Waals surface area contributed by atoms with Crippen molar-refractivity contribution in [2.24, 2.45) is 5.84 Å². The summed E-state index contributed by atoms with van der Waals surface area (Å²) >= 11 is 5.75. The molecule has 0 fully saturated rings. The summed E-state index contributed by atoms with van der Waals surface area (Å²) in [5.74, 6) is 5.33. The van der Waals surface area contributed by atoms with Crippen molar-refractivity contribution >= 4 is 11.6 Å². The first kappa shape index (κ1) is 14.5. The molecule has 1 atom stereocenters. The van der Waals surface area contributed by atoms with Crippen molar-refractivity contribution in [2.45, 2.75) is 44.6 Å². The average molecular weight is 283 g/mol. The van der Waals surface area contributed by atoms with E-state index in [1.165, 1.54) is 24.5 Å². The zero-order chi connectivity index (χ0) is 13.7. The largest absolute Gasteiger partial charge is 0.271 e. The minimum atomic E-state index is -0.259. The topological polar surface area (TPSA) is 38.0 Å². The van der Waals surface area contributed by atoms with E-state index in [4.69, 9.17) is 17.4 Å². The van der Waals surface area contributed by atoms with Crippen LogP contribution in [-0.4, -0.2) is 6.04 Å². The van der Waals surface area contributed by atoms with Crippen LogP contribution in [0.25, 0.3) is 0 Å². The number of hydrogen-bond donors (Lipinski definition) is 2. The van der Waals surface area contributed by atoms with Crippen LogP contribution < -0.4 is 11.3 Å². The van der Waals surface area contributed by atoms with Crippen LogP contribution in [0.5, 0.6) is 0 Å². The molecule has 104 valence electrons. The van der Waals surface area contributed by atoms with E-state index in [1.807, 2.05) is 0 Å². The fourth-order valence-corrected chi connectivity index (χ4v) is 2.71. The molecule has 0 radical (unpaired) electrons. The molecule has 0 amide bonds. The summed E-state index contributed by atoms with van der Waals surface area (Å²) in [6.45, 7) is 0. The van der Waals surface area contributed by atoms with Gasteiger partial charge in [-0.3, -0.25) is 11.3 Å². The summed E-state index contributed by atoms with van der Waals surface area (Å²) in [4.78, 5) is 0. The third-order valence-corrected chi connectivity index (χ3v) is 3.85. The summed E-state index contributed by atoms with van der Waals surface area (Å²) in [5, 5.41) is 0.425. The van der Waals surface area contributed by atoms with Crippen LogP contribution in [0.15, 0.2) is 29.8 Å². The first-order valence-electron chi connectivity index (χ1n) is 6.77. The van der Waals surface area contributed by atoms with Crippen molar-refractivity contribution in [2.75, 3.05) is 0 Å². The lowest BCUT2D eigenvalue weighted by Crippen LogP contribution is -2.37. The summed E-state index contributed by atoms with van der Waals surface area (Å²) in [6, 6.07) is 4.87. The number of nitrogens with two attached hydrogens (primary N) is 1. The van der Waals surface area contributed by atoms with Gasteiger partial charge in [-0.15, -0.1) is 0 Å². The number of rotatable bonds is 5. The highest BCUT2D eigenvalue weighted by molar-refractivity contribution is 6.30. The monoisotopic (exact) mass is 282 g/mol. The highest BCUT2D eigenvalue weighted by Gasteiger charge is 2.14. The second-order valence-electron chi connectivity index (χ2n) is 5.12. The van der Waals surface area contributed by atoms with Crippen LogP contribution in [0.1, 0.15) is 37.7 Å². The average Bonchev–Trinajstić information content (AvgIpc) is 2.42. The second kappa shape index (κ2) is 7.04. The molecule has 1 aromatic carbocycles. The van der Waals surface area contributed by atoms with Crippen LogP contribution in [0, 0.1) is 5.82 Å². The van der Waals surface area contributed by atoms with E-state index in [2.05, 4.69) is 11.5 Å². The summed E-state index contributed by atoms with van der Waals surface area (Å²) in [6.07, 6.45) is 8.58. The maximum Gasteiger partial charge on any atom is 0.127 e. The highest BCUT2D eigenvalue weighted by Crippen LogP contribution is 2.23. The first-order valence-corrected chi connectivity index (χ1v) is 7.15.